The molecule has 55 valence electrons. The van der Waals surface area contributed by atoms with E-state index < -0.39 is 0 Å². The van der Waals surface area contributed by atoms with Crippen LogP contribution in [-0.2, 0) is 9.47 Å². The number of hydrogen-bond donors (Lipinski definition) is 0. The van der Waals surface area contributed by atoms with Crippen molar-refractivity contribution in [2.75, 3.05) is 33.2 Å². The smallest absolute Gasteiger partial charge is 0.0592 e. The molecule has 0 atom stereocenters. The van der Waals surface area contributed by atoms with Crippen molar-refractivity contribution in [3.63, 3.8) is 0 Å². The van der Waals surface area contributed by atoms with Crippen molar-refractivity contribution in [1.29, 1.82) is 0 Å². The van der Waals surface area contributed by atoms with Gasteiger partial charge in [-0.15, -0.1) is 0 Å². The van der Waals surface area contributed by atoms with Crippen molar-refractivity contribution < 1.29 is 9.47 Å². The Kier molecular flexibility index (Phi) is 8.52. The van der Waals surface area contributed by atoms with Gasteiger partial charge in [-0.25, -0.2) is 0 Å². The van der Waals surface area contributed by atoms with Gasteiger partial charge in [-0.2, -0.15) is 11.8 Å². The van der Waals surface area contributed by atoms with Crippen molar-refractivity contribution in [1.82, 2.24) is 0 Å². The fourth-order valence-corrected chi connectivity index (χ4v) is 0.993. The highest BCUT2D eigenvalue weighted by Crippen LogP contribution is 2.03. The van der Waals surface area contributed by atoms with Gasteiger partial charge in [-0.3, -0.25) is 0 Å². The number of methoxy groups -OCH3 is 2. The van der Waals surface area contributed by atoms with Crippen LogP contribution in [0.2, 0.25) is 0 Å². The standard InChI is InChI=1S/C6H13O2S/c1-7-3-5-9-6-4-8-2/h5H,3-4,6H2,1-2H3. The van der Waals surface area contributed by atoms with Crippen LogP contribution in [-0.4, -0.2) is 33.2 Å². The molecule has 9 heavy (non-hydrogen) atoms. The summed E-state index contributed by atoms with van der Waals surface area (Å²) in [7, 11) is 3.39. The lowest BCUT2D eigenvalue weighted by Gasteiger charge is -1.97. The average Bonchev–Trinajstić information content (AvgIpc) is 1.89. The molecular weight excluding hydrogens is 136 g/mol. The summed E-state index contributed by atoms with van der Waals surface area (Å²) >= 11 is 1.73. The molecule has 0 saturated heterocycles. The zero-order valence-corrected chi connectivity index (χ0v) is 6.74. The number of hydrogen-bond acceptors (Lipinski definition) is 3. The highest BCUT2D eigenvalue weighted by Gasteiger charge is 1.86. The molecule has 0 aliphatic heterocycles. The van der Waals surface area contributed by atoms with Crippen LogP contribution in [0.3, 0.4) is 0 Å². The maximum atomic E-state index is 4.84. The summed E-state index contributed by atoms with van der Waals surface area (Å²) in [5, 5.41) is 0. The summed E-state index contributed by atoms with van der Waals surface area (Å²) in [5.74, 6) is 3.04. The molecule has 0 aromatic carbocycles. The maximum absolute atomic E-state index is 4.84. The summed E-state index contributed by atoms with van der Waals surface area (Å²) in [5.41, 5.74) is 0. The summed E-state index contributed by atoms with van der Waals surface area (Å²) in [6.07, 6.45) is 0. The molecule has 0 aromatic heterocycles. The molecule has 0 saturated carbocycles. The van der Waals surface area contributed by atoms with E-state index in [0.29, 0.717) is 6.61 Å². The van der Waals surface area contributed by atoms with Gasteiger partial charge in [-0.1, -0.05) is 0 Å². The zero-order chi connectivity index (χ0) is 6.95. The lowest BCUT2D eigenvalue weighted by atomic mass is 10.8. The first-order chi connectivity index (χ1) is 4.41. The Labute approximate surface area is 60.9 Å². The summed E-state index contributed by atoms with van der Waals surface area (Å²) < 4.78 is 9.65. The fraction of sp³-hybridized carbons (Fsp3) is 0.833. The van der Waals surface area contributed by atoms with Crippen molar-refractivity contribution in [3.8, 4) is 0 Å². The van der Waals surface area contributed by atoms with Gasteiger partial charge >= 0.3 is 0 Å². The summed E-state index contributed by atoms with van der Waals surface area (Å²) in [6, 6.07) is 0. The molecule has 0 aliphatic carbocycles. The lowest BCUT2D eigenvalue weighted by molar-refractivity contribution is 0.218. The minimum Gasteiger partial charge on any atom is -0.384 e. The monoisotopic (exact) mass is 149 g/mol. The van der Waals surface area contributed by atoms with Gasteiger partial charge in [0, 0.05) is 25.7 Å². The largest absolute Gasteiger partial charge is 0.384 e. The van der Waals surface area contributed by atoms with Gasteiger partial charge in [0.25, 0.3) is 0 Å². The topological polar surface area (TPSA) is 18.5 Å². The molecule has 0 aliphatic rings. The number of thioether (sulfide) groups is 1. The SMILES string of the molecule is COC[CH]SCCOC. The molecule has 0 unspecified atom stereocenters. The summed E-state index contributed by atoms with van der Waals surface area (Å²) in [6.45, 7) is 1.53. The van der Waals surface area contributed by atoms with Gasteiger partial charge in [0.1, 0.15) is 0 Å². The molecule has 3 heteroatoms. The molecule has 1 radical (unpaired) electrons. The first-order valence-corrected chi connectivity index (χ1v) is 3.88. The van der Waals surface area contributed by atoms with E-state index in [-0.39, 0.29) is 0 Å². The van der Waals surface area contributed by atoms with E-state index in [9.17, 15) is 0 Å². The third-order valence-corrected chi connectivity index (χ3v) is 1.53. The van der Waals surface area contributed by atoms with Gasteiger partial charge in [-0.05, 0) is 0 Å². The normalized spacial score (nSPS) is 10.0. The predicted molar refractivity (Wildman–Crippen MR) is 40.5 cm³/mol. The Morgan fingerprint density at radius 2 is 2.11 bits per heavy atom. The first-order valence-electron chi connectivity index (χ1n) is 2.83. The Morgan fingerprint density at radius 1 is 1.33 bits per heavy atom. The van der Waals surface area contributed by atoms with Gasteiger partial charge in [0.05, 0.1) is 13.2 Å². The quantitative estimate of drug-likeness (QED) is 0.528. The Bertz CT molecular complexity index is 44.3. The fourth-order valence-electron chi connectivity index (χ4n) is 0.331. The van der Waals surface area contributed by atoms with E-state index in [0.717, 1.165) is 12.4 Å². The van der Waals surface area contributed by atoms with Crippen LogP contribution < -0.4 is 0 Å². The Balaban J connectivity index is 2.60. The maximum Gasteiger partial charge on any atom is 0.0592 e. The Morgan fingerprint density at radius 3 is 2.67 bits per heavy atom. The van der Waals surface area contributed by atoms with E-state index in [4.69, 9.17) is 9.47 Å². The van der Waals surface area contributed by atoms with Crippen molar-refractivity contribution in [3.05, 3.63) is 5.75 Å². The second kappa shape index (κ2) is 8.27. The van der Waals surface area contributed by atoms with E-state index in [1.165, 1.54) is 0 Å². The highest BCUT2D eigenvalue weighted by atomic mass is 32.2. The zero-order valence-electron chi connectivity index (χ0n) is 5.92. The molecule has 2 nitrogen and oxygen atoms in total. The van der Waals surface area contributed by atoms with Crippen molar-refractivity contribution in [2.45, 2.75) is 0 Å². The molecule has 0 spiro atoms. The molecule has 0 amide bonds. The molecule has 0 N–H and O–H groups in total. The minimum absolute atomic E-state index is 0.717. The van der Waals surface area contributed by atoms with Gasteiger partial charge < -0.3 is 9.47 Å². The van der Waals surface area contributed by atoms with Crippen LogP contribution in [0.25, 0.3) is 0 Å². The second-order valence-corrected chi connectivity index (χ2v) is 2.56. The molecule has 0 heterocycles. The molecule has 0 fully saturated rings. The van der Waals surface area contributed by atoms with Crippen molar-refractivity contribution >= 4 is 11.8 Å². The predicted octanol–water partition coefficient (Wildman–Crippen LogP) is 1.17. The number of rotatable bonds is 6. The van der Waals surface area contributed by atoms with Crippen LogP contribution in [0.15, 0.2) is 0 Å². The van der Waals surface area contributed by atoms with Crippen LogP contribution in [0, 0.1) is 5.75 Å². The van der Waals surface area contributed by atoms with Crippen LogP contribution in [0.1, 0.15) is 0 Å². The van der Waals surface area contributed by atoms with Gasteiger partial charge in [0.15, 0.2) is 0 Å². The van der Waals surface area contributed by atoms with Crippen LogP contribution in [0.4, 0.5) is 0 Å². The van der Waals surface area contributed by atoms with Gasteiger partial charge in [0.2, 0.25) is 0 Å². The summed E-state index contributed by atoms with van der Waals surface area (Å²) in [4.78, 5) is 0. The van der Waals surface area contributed by atoms with Crippen LogP contribution in [0.5, 0.6) is 0 Å². The van der Waals surface area contributed by atoms with Crippen molar-refractivity contribution in [2.24, 2.45) is 0 Å². The third kappa shape index (κ3) is 8.27. The Hall–Kier alpha value is 0.270. The number of ether oxygens (including phenoxy) is 2. The van der Waals surface area contributed by atoms with E-state index in [1.807, 2.05) is 5.75 Å². The molecule has 0 rings (SSSR count). The molecule has 0 aromatic rings. The highest BCUT2D eigenvalue weighted by molar-refractivity contribution is 8.01. The molecule has 0 bridgehead atoms. The van der Waals surface area contributed by atoms with E-state index in [2.05, 4.69) is 0 Å². The minimum atomic E-state index is 0.717. The van der Waals surface area contributed by atoms with E-state index >= 15 is 0 Å². The first kappa shape index (κ1) is 9.27. The van der Waals surface area contributed by atoms with E-state index in [1.54, 1.807) is 26.0 Å². The second-order valence-electron chi connectivity index (χ2n) is 1.49. The third-order valence-electron chi connectivity index (χ3n) is 0.758. The average molecular weight is 149 g/mol. The van der Waals surface area contributed by atoms with Crippen LogP contribution >= 0.6 is 11.8 Å². The lowest BCUT2D eigenvalue weighted by Crippen LogP contribution is -1.93. The molecular formula is C6H13O2S.